The smallest absolute Gasteiger partial charge is 0.337 e. The van der Waals surface area contributed by atoms with Gasteiger partial charge < -0.3 is 9.47 Å². The largest absolute Gasteiger partial charge is 0.433 e. The van der Waals surface area contributed by atoms with E-state index in [0.717, 1.165) is 37.5 Å². The number of fused-ring (bicyclic) bond motifs is 1. The van der Waals surface area contributed by atoms with Gasteiger partial charge in [-0.05, 0) is 31.9 Å². The summed E-state index contributed by atoms with van der Waals surface area (Å²) in [4.78, 5) is 36.2. The van der Waals surface area contributed by atoms with Gasteiger partial charge in [0.25, 0.3) is 0 Å². The topological polar surface area (TPSA) is 89.2 Å². The van der Waals surface area contributed by atoms with Crippen molar-refractivity contribution in [3.8, 4) is 11.4 Å². The van der Waals surface area contributed by atoms with E-state index >= 15 is 0 Å². The minimum atomic E-state index is -4.51. The summed E-state index contributed by atoms with van der Waals surface area (Å²) in [5.74, 6) is 1.18. The molecular formula is C23H24F3N7O. The Morgan fingerprint density at radius 2 is 1.97 bits per heavy atom. The summed E-state index contributed by atoms with van der Waals surface area (Å²) in [6.45, 7) is 3.53. The van der Waals surface area contributed by atoms with Gasteiger partial charge in [0, 0.05) is 42.9 Å². The number of nitrogens with zero attached hydrogens (tertiary/aromatic N) is 7. The summed E-state index contributed by atoms with van der Waals surface area (Å²) in [6, 6.07) is 2.29. The van der Waals surface area contributed by atoms with E-state index in [-0.39, 0.29) is 11.8 Å². The predicted molar refractivity (Wildman–Crippen MR) is 119 cm³/mol. The number of rotatable bonds is 4. The average Bonchev–Trinajstić information content (AvgIpc) is 3.58. The number of imidazole rings is 1. The van der Waals surface area contributed by atoms with E-state index in [1.165, 1.54) is 18.6 Å². The van der Waals surface area contributed by atoms with Crippen LogP contribution in [0.1, 0.15) is 44.7 Å². The number of likely N-dealkylation sites (tertiary alicyclic amines) is 1. The number of halogens is 3. The second-order valence-corrected chi connectivity index (χ2v) is 8.65. The number of aromatic nitrogens is 5. The van der Waals surface area contributed by atoms with E-state index in [2.05, 4.69) is 19.9 Å². The quantitative estimate of drug-likeness (QED) is 0.562. The van der Waals surface area contributed by atoms with Gasteiger partial charge in [0.1, 0.15) is 17.8 Å². The molecule has 1 saturated heterocycles. The van der Waals surface area contributed by atoms with E-state index in [4.69, 9.17) is 4.99 Å². The monoisotopic (exact) mass is 471 g/mol. The maximum absolute atomic E-state index is 12.9. The third kappa shape index (κ3) is 4.14. The van der Waals surface area contributed by atoms with Crippen LogP contribution in [0.15, 0.2) is 29.6 Å². The predicted octanol–water partition coefficient (Wildman–Crippen LogP) is 4.42. The fourth-order valence-corrected chi connectivity index (χ4v) is 4.72. The molecule has 0 unspecified atom stereocenters. The van der Waals surface area contributed by atoms with Crippen LogP contribution >= 0.6 is 0 Å². The maximum atomic E-state index is 12.9. The van der Waals surface area contributed by atoms with Crippen molar-refractivity contribution in [2.75, 3.05) is 13.1 Å². The zero-order valence-electron chi connectivity index (χ0n) is 18.7. The summed E-state index contributed by atoms with van der Waals surface area (Å²) < 4.78 is 40.5. The van der Waals surface area contributed by atoms with Crippen molar-refractivity contribution in [1.29, 1.82) is 0 Å². The molecule has 8 nitrogen and oxygen atoms in total. The van der Waals surface area contributed by atoms with Gasteiger partial charge in [-0.1, -0.05) is 12.8 Å². The highest BCUT2D eigenvalue weighted by atomic mass is 19.4. The van der Waals surface area contributed by atoms with Gasteiger partial charge in [0.2, 0.25) is 5.91 Å². The molecule has 0 N–H and O–H groups in total. The SMILES string of the molecule is CCn1c(-c2ccc(C(F)(F)F)nc2)nc2c(N=C3CCN(C(=O)C4CCCC4)C3)ncnc21. The van der Waals surface area contributed by atoms with Crippen LogP contribution in [0, 0.1) is 5.92 Å². The Morgan fingerprint density at radius 3 is 2.65 bits per heavy atom. The number of carbonyl (C=O) groups is 1. The Labute approximate surface area is 194 Å². The standard InChI is InChI=1S/C23H24F3N7O/c1-2-33-20(15-7-8-17(27-11-15)23(24,25)26)31-18-19(28-13-29-21(18)33)30-16-9-10-32(12-16)22(34)14-5-3-4-6-14/h7-8,11,13-14H,2-6,9-10,12H2,1H3. The zero-order valence-corrected chi connectivity index (χ0v) is 18.7. The Morgan fingerprint density at radius 1 is 1.18 bits per heavy atom. The first-order valence-electron chi connectivity index (χ1n) is 11.4. The van der Waals surface area contributed by atoms with E-state index in [0.29, 0.717) is 54.4 Å². The summed E-state index contributed by atoms with van der Waals surface area (Å²) in [6.07, 6.45) is 2.89. The first-order chi connectivity index (χ1) is 16.3. The number of aryl methyl sites for hydroxylation is 1. The fourth-order valence-electron chi connectivity index (χ4n) is 4.72. The fraction of sp³-hybridized carbons (Fsp3) is 0.478. The van der Waals surface area contributed by atoms with Crippen LogP contribution in [0.3, 0.4) is 0 Å². The van der Waals surface area contributed by atoms with Crippen LogP contribution in [-0.2, 0) is 17.5 Å². The van der Waals surface area contributed by atoms with E-state index in [1.54, 1.807) is 4.57 Å². The molecule has 34 heavy (non-hydrogen) atoms. The number of hydrogen-bond acceptors (Lipinski definition) is 6. The Bertz CT molecular complexity index is 1240. The van der Waals surface area contributed by atoms with Gasteiger partial charge in [-0.15, -0.1) is 0 Å². The normalized spacial score (nSPS) is 18.5. The minimum Gasteiger partial charge on any atom is -0.337 e. The van der Waals surface area contributed by atoms with Crippen LogP contribution in [0.25, 0.3) is 22.6 Å². The van der Waals surface area contributed by atoms with Gasteiger partial charge in [-0.3, -0.25) is 9.78 Å². The molecule has 178 valence electrons. The molecule has 1 amide bonds. The molecule has 5 rings (SSSR count). The highest BCUT2D eigenvalue weighted by Crippen LogP contribution is 2.32. The van der Waals surface area contributed by atoms with Gasteiger partial charge in [0.15, 0.2) is 17.0 Å². The molecule has 0 radical (unpaired) electrons. The molecule has 1 aliphatic heterocycles. The summed E-state index contributed by atoms with van der Waals surface area (Å²) in [5.41, 5.74) is 1.35. The molecule has 0 atom stereocenters. The molecule has 0 aromatic carbocycles. The van der Waals surface area contributed by atoms with Crippen LogP contribution in [-0.4, -0.2) is 54.1 Å². The lowest BCUT2D eigenvalue weighted by atomic mass is 10.1. The molecule has 3 aromatic heterocycles. The first-order valence-corrected chi connectivity index (χ1v) is 11.4. The highest BCUT2D eigenvalue weighted by Gasteiger charge is 2.33. The van der Waals surface area contributed by atoms with E-state index < -0.39 is 11.9 Å². The highest BCUT2D eigenvalue weighted by molar-refractivity contribution is 5.97. The van der Waals surface area contributed by atoms with Crippen molar-refractivity contribution in [3.05, 3.63) is 30.4 Å². The van der Waals surface area contributed by atoms with Gasteiger partial charge >= 0.3 is 6.18 Å². The van der Waals surface area contributed by atoms with E-state index in [1.807, 2.05) is 11.8 Å². The second-order valence-electron chi connectivity index (χ2n) is 8.65. The number of aliphatic imine (C=N–C) groups is 1. The molecule has 2 aliphatic rings. The summed E-state index contributed by atoms with van der Waals surface area (Å²) in [7, 11) is 0. The number of alkyl halides is 3. The van der Waals surface area contributed by atoms with Crippen LogP contribution in [0.4, 0.5) is 19.0 Å². The molecule has 3 aromatic rings. The molecule has 1 aliphatic carbocycles. The Hall–Kier alpha value is -3.37. The molecule has 11 heteroatoms. The second kappa shape index (κ2) is 8.77. The van der Waals surface area contributed by atoms with Gasteiger partial charge in [0.05, 0.1) is 6.54 Å². The molecular weight excluding hydrogens is 447 g/mol. The third-order valence-corrected chi connectivity index (χ3v) is 6.46. The van der Waals surface area contributed by atoms with Crippen LogP contribution < -0.4 is 0 Å². The average molecular weight is 471 g/mol. The van der Waals surface area contributed by atoms with Crippen molar-refractivity contribution >= 4 is 28.6 Å². The van der Waals surface area contributed by atoms with Crippen molar-refractivity contribution in [2.24, 2.45) is 10.9 Å². The van der Waals surface area contributed by atoms with Crippen molar-refractivity contribution in [2.45, 2.75) is 51.7 Å². The summed E-state index contributed by atoms with van der Waals surface area (Å²) in [5, 5.41) is 0. The van der Waals surface area contributed by atoms with Crippen LogP contribution in [0.2, 0.25) is 0 Å². The lowest BCUT2D eigenvalue weighted by Gasteiger charge is -2.18. The summed E-state index contributed by atoms with van der Waals surface area (Å²) >= 11 is 0. The van der Waals surface area contributed by atoms with Gasteiger partial charge in [-0.25, -0.2) is 19.9 Å². The third-order valence-electron chi connectivity index (χ3n) is 6.46. The zero-order chi connectivity index (χ0) is 23.9. The van der Waals surface area contributed by atoms with Crippen LogP contribution in [0.5, 0.6) is 0 Å². The van der Waals surface area contributed by atoms with Crippen molar-refractivity contribution in [1.82, 2.24) is 29.4 Å². The maximum Gasteiger partial charge on any atom is 0.433 e. The number of carbonyl (C=O) groups excluding carboxylic acids is 1. The van der Waals surface area contributed by atoms with Crippen molar-refractivity contribution < 1.29 is 18.0 Å². The Kier molecular flexibility index (Phi) is 5.78. The molecule has 0 bridgehead atoms. The number of hydrogen-bond donors (Lipinski definition) is 0. The molecule has 0 spiro atoms. The van der Waals surface area contributed by atoms with Crippen molar-refractivity contribution in [3.63, 3.8) is 0 Å². The Balaban J connectivity index is 1.45. The van der Waals surface area contributed by atoms with E-state index in [9.17, 15) is 18.0 Å². The molecule has 1 saturated carbocycles. The lowest BCUT2D eigenvalue weighted by Crippen LogP contribution is -2.33. The first kappa shape index (κ1) is 22.4. The molecule has 4 heterocycles. The number of pyridine rings is 1. The molecule has 2 fully saturated rings. The number of amides is 1. The minimum absolute atomic E-state index is 0.130. The lowest BCUT2D eigenvalue weighted by molar-refractivity contribution is -0.141. The van der Waals surface area contributed by atoms with Gasteiger partial charge in [-0.2, -0.15) is 13.2 Å².